The Morgan fingerprint density at radius 1 is 0.926 bits per heavy atom. The molecule has 1 atom stereocenters. The minimum Gasteiger partial charge on any atom is -0.341 e. The van der Waals surface area contributed by atoms with Crippen molar-refractivity contribution in [1.29, 1.82) is 0 Å². The average molecular weight is 356 g/mol. The molecule has 0 aliphatic heterocycles. The number of nitrogens with one attached hydrogen (secondary N) is 2. The van der Waals surface area contributed by atoms with Gasteiger partial charge in [-0.25, -0.2) is 4.98 Å². The van der Waals surface area contributed by atoms with E-state index in [0.29, 0.717) is 6.54 Å². The molecule has 0 saturated heterocycles. The van der Waals surface area contributed by atoms with Crippen molar-refractivity contribution in [2.75, 3.05) is 0 Å². The van der Waals surface area contributed by atoms with E-state index >= 15 is 0 Å². The number of hydrogen-bond acceptors (Lipinski definition) is 3. The monoisotopic (exact) mass is 356 g/mol. The second kappa shape index (κ2) is 7.33. The first-order chi connectivity index (χ1) is 13.1. The van der Waals surface area contributed by atoms with E-state index in [4.69, 9.17) is 4.98 Å². The van der Waals surface area contributed by atoms with Gasteiger partial charge in [-0.1, -0.05) is 30.3 Å². The fourth-order valence-corrected chi connectivity index (χ4v) is 3.52. The number of hydrogen-bond donors (Lipinski definition) is 2. The van der Waals surface area contributed by atoms with Crippen molar-refractivity contribution < 1.29 is 0 Å². The maximum absolute atomic E-state index is 4.82. The number of pyridine rings is 1. The molecule has 4 aromatic rings. The van der Waals surface area contributed by atoms with Gasteiger partial charge in [0.2, 0.25) is 0 Å². The van der Waals surface area contributed by atoms with Crippen LogP contribution in [-0.4, -0.2) is 15.0 Å². The molecular weight excluding hydrogens is 332 g/mol. The van der Waals surface area contributed by atoms with Crippen LogP contribution in [0.3, 0.4) is 0 Å². The fraction of sp³-hybridized carbons (Fsp3) is 0.217. The number of benzene rings is 2. The van der Waals surface area contributed by atoms with Crippen LogP contribution in [0.25, 0.3) is 11.0 Å². The van der Waals surface area contributed by atoms with Crippen LogP contribution in [0.5, 0.6) is 0 Å². The van der Waals surface area contributed by atoms with Crippen LogP contribution in [0.2, 0.25) is 0 Å². The van der Waals surface area contributed by atoms with Gasteiger partial charge in [0.15, 0.2) is 0 Å². The molecule has 2 aromatic carbocycles. The summed E-state index contributed by atoms with van der Waals surface area (Å²) < 4.78 is 0. The number of imidazole rings is 1. The summed E-state index contributed by atoms with van der Waals surface area (Å²) in [6, 6.07) is 17.0. The number of nitrogens with zero attached hydrogens (tertiary/aromatic N) is 2. The van der Waals surface area contributed by atoms with Crippen LogP contribution in [-0.2, 0) is 6.54 Å². The van der Waals surface area contributed by atoms with Gasteiger partial charge in [-0.05, 0) is 66.8 Å². The third kappa shape index (κ3) is 3.49. The second-order valence-electron chi connectivity index (χ2n) is 7.04. The van der Waals surface area contributed by atoms with Crippen molar-refractivity contribution >= 4 is 11.0 Å². The summed E-state index contributed by atoms with van der Waals surface area (Å²) in [4.78, 5) is 12.4. The van der Waals surface area contributed by atoms with Gasteiger partial charge in [-0.3, -0.25) is 10.3 Å². The van der Waals surface area contributed by atoms with Crippen molar-refractivity contribution in [3.05, 3.63) is 94.6 Å². The maximum atomic E-state index is 4.82. The molecule has 0 saturated carbocycles. The number of H-pyrrole nitrogens is 1. The summed E-state index contributed by atoms with van der Waals surface area (Å²) >= 11 is 0. The molecule has 0 aliphatic rings. The van der Waals surface area contributed by atoms with E-state index in [1.165, 1.54) is 27.8 Å². The summed E-state index contributed by atoms with van der Waals surface area (Å²) in [5, 5.41) is 3.68. The van der Waals surface area contributed by atoms with E-state index in [1.54, 1.807) is 0 Å². The molecule has 4 rings (SSSR count). The van der Waals surface area contributed by atoms with E-state index < -0.39 is 0 Å². The van der Waals surface area contributed by atoms with Crippen LogP contribution >= 0.6 is 0 Å². The normalized spacial score (nSPS) is 12.4. The summed E-state index contributed by atoms with van der Waals surface area (Å²) in [6.45, 7) is 7.06. The highest BCUT2D eigenvalue weighted by Crippen LogP contribution is 2.25. The Morgan fingerprint density at radius 3 is 2.48 bits per heavy atom. The highest BCUT2D eigenvalue weighted by molar-refractivity contribution is 5.79. The zero-order chi connectivity index (χ0) is 18.8. The number of fused-ring (bicyclic) bond motifs is 1. The SMILES string of the molecule is Cc1ccccc1[C@H](NCc1nc2c(C)c(C)ccc2[nH]1)c1ccncc1. The molecule has 0 aliphatic carbocycles. The average Bonchev–Trinajstić information content (AvgIpc) is 3.11. The van der Waals surface area contributed by atoms with Crippen LogP contribution in [0.15, 0.2) is 60.9 Å². The topological polar surface area (TPSA) is 53.6 Å². The Morgan fingerprint density at radius 2 is 1.70 bits per heavy atom. The zero-order valence-corrected chi connectivity index (χ0v) is 16.0. The first-order valence-electron chi connectivity index (χ1n) is 9.27. The molecule has 2 heterocycles. The number of aryl methyl sites for hydroxylation is 3. The van der Waals surface area contributed by atoms with Crippen LogP contribution in [0.1, 0.15) is 39.7 Å². The largest absolute Gasteiger partial charge is 0.341 e. The maximum Gasteiger partial charge on any atom is 0.121 e. The molecule has 0 unspecified atom stereocenters. The fourth-order valence-electron chi connectivity index (χ4n) is 3.52. The van der Waals surface area contributed by atoms with Gasteiger partial charge in [0, 0.05) is 12.4 Å². The molecule has 2 N–H and O–H groups in total. The van der Waals surface area contributed by atoms with Crippen molar-refractivity contribution in [3.8, 4) is 0 Å². The van der Waals surface area contributed by atoms with Gasteiger partial charge in [0.05, 0.1) is 23.6 Å². The van der Waals surface area contributed by atoms with Gasteiger partial charge in [0.1, 0.15) is 5.82 Å². The van der Waals surface area contributed by atoms with Crippen molar-refractivity contribution in [2.45, 2.75) is 33.4 Å². The quantitative estimate of drug-likeness (QED) is 0.542. The highest BCUT2D eigenvalue weighted by Gasteiger charge is 2.16. The smallest absolute Gasteiger partial charge is 0.121 e. The molecule has 4 nitrogen and oxygen atoms in total. The zero-order valence-electron chi connectivity index (χ0n) is 16.0. The van der Waals surface area contributed by atoms with Gasteiger partial charge in [0.25, 0.3) is 0 Å². The molecule has 0 radical (unpaired) electrons. The molecule has 0 fully saturated rings. The lowest BCUT2D eigenvalue weighted by Gasteiger charge is -2.21. The third-order valence-electron chi connectivity index (χ3n) is 5.24. The molecule has 136 valence electrons. The van der Waals surface area contributed by atoms with E-state index in [9.17, 15) is 0 Å². The van der Waals surface area contributed by atoms with Crippen LogP contribution in [0.4, 0.5) is 0 Å². The van der Waals surface area contributed by atoms with Crippen LogP contribution < -0.4 is 5.32 Å². The van der Waals surface area contributed by atoms with E-state index in [2.05, 4.69) is 84.6 Å². The number of aromatic nitrogens is 3. The van der Waals surface area contributed by atoms with Crippen molar-refractivity contribution in [2.24, 2.45) is 0 Å². The number of aromatic amines is 1. The van der Waals surface area contributed by atoms with Gasteiger partial charge in [-0.15, -0.1) is 0 Å². The van der Waals surface area contributed by atoms with Gasteiger partial charge < -0.3 is 4.98 Å². The Hall–Kier alpha value is -2.98. The Balaban J connectivity index is 1.65. The Labute approximate surface area is 159 Å². The molecule has 2 aromatic heterocycles. The molecule has 0 spiro atoms. The lowest BCUT2D eigenvalue weighted by Crippen LogP contribution is -2.23. The molecular formula is C23H24N4. The molecule has 0 amide bonds. The minimum absolute atomic E-state index is 0.0882. The summed E-state index contributed by atoms with van der Waals surface area (Å²) in [5.74, 6) is 0.950. The highest BCUT2D eigenvalue weighted by atomic mass is 15.0. The summed E-state index contributed by atoms with van der Waals surface area (Å²) in [6.07, 6.45) is 3.69. The minimum atomic E-state index is 0.0882. The van der Waals surface area contributed by atoms with Crippen molar-refractivity contribution in [3.63, 3.8) is 0 Å². The molecule has 4 heteroatoms. The van der Waals surface area contributed by atoms with E-state index in [-0.39, 0.29) is 6.04 Å². The van der Waals surface area contributed by atoms with Crippen molar-refractivity contribution in [1.82, 2.24) is 20.3 Å². The summed E-state index contributed by atoms with van der Waals surface area (Å²) in [5.41, 5.74) is 8.38. The molecule has 27 heavy (non-hydrogen) atoms. The Kier molecular flexibility index (Phi) is 4.73. The van der Waals surface area contributed by atoms with E-state index in [1.807, 2.05) is 12.4 Å². The predicted octanol–water partition coefficient (Wildman–Crippen LogP) is 4.76. The standard InChI is InChI=1S/C23H24N4/c1-15-8-9-20-22(17(15)3)27-21(26-20)14-25-23(18-10-12-24-13-11-18)19-7-5-4-6-16(19)2/h4-13,23,25H,14H2,1-3H3,(H,26,27)/t23-/m1/s1. The Bertz CT molecular complexity index is 1070. The molecule has 0 bridgehead atoms. The first kappa shape index (κ1) is 17.4. The van der Waals surface area contributed by atoms with E-state index in [0.717, 1.165) is 16.9 Å². The van der Waals surface area contributed by atoms with Gasteiger partial charge in [-0.2, -0.15) is 0 Å². The first-order valence-corrected chi connectivity index (χ1v) is 9.27. The summed E-state index contributed by atoms with van der Waals surface area (Å²) in [7, 11) is 0. The number of rotatable bonds is 5. The predicted molar refractivity (Wildman–Crippen MR) is 110 cm³/mol. The van der Waals surface area contributed by atoms with Crippen LogP contribution in [0, 0.1) is 20.8 Å². The van der Waals surface area contributed by atoms with Gasteiger partial charge >= 0.3 is 0 Å². The lowest BCUT2D eigenvalue weighted by molar-refractivity contribution is 0.588. The lowest BCUT2D eigenvalue weighted by atomic mass is 9.95. The second-order valence-corrected chi connectivity index (χ2v) is 7.04. The third-order valence-corrected chi connectivity index (χ3v) is 5.24.